The second kappa shape index (κ2) is 8.02. The predicted molar refractivity (Wildman–Crippen MR) is 100 cm³/mol. The summed E-state index contributed by atoms with van der Waals surface area (Å²) in [7, 11) is 0. The van der Waals surface area contributed by atoms with Crippen molar-refractivity contribution < 1.29 is 9.59 Å². The first-order chi connectivity index (χ1) is 11.5. The van der Waals surface area contributed by atoms with Crippen molar-refractivity contribution >= 4 is 35.2 Å². The van der Waals surface area contributed by atoms with Crippen molar-refractivity contribution in [2.24, 2.45) is 0 Å². The molecule has 5 heteroatoms. The van der Waals surface area contributed by atoms with Crippen LogP contribution in [0, 0.1) is 0 Å². The Balaban J connectivity index is 2.28. The molecule has 0 aliphatic carbocycles. The number of rotatable bonds is 6. The van der Waals surface area contributed by atoms with Crippen LogP contribution in [0.1, 0.15) is 43.7 Å². The van der Waals surface area contributed by atoms with Crippen LogP contribution >= 0.6 is 12.2 Å². The van der Waals surface area contributed by atoms with Gasteiger partial charge in [-0.2, -0.15) is 0 Å². The summed E-state index contributed by atoms with van der Waals surface area (Å²) >= 11 is 5.03. The molecule has 1 aromatic rings. The van der Waals surface area contributed by atoms with Crippen molar-refractivity contribution in [3.05, 3.63) is 53.6 Å². The zero-order valence-electron chi connectivity index (χ0n) is 14.0. The average molecular weight is 342 g/mol. The topological polar surface area (TPSA) is 49.4 Å². The molecule has 0 radical (unpaired) electrons. The van der Waals surface area contributed by atoms with E-state index >= 15 is 0 Å². The van der Waals surface area contributed by atoms with Gasteiger partial charge in [0.2, 0.25) is 0 Å². The minimum Gasteiger partial charge on any atom is -0.298 e. The molecule has 4 nitrogen and oxygen atoms in total. The van der Waals surface area contributed by atoms with E-state index in [1.165, 1.54) is 10.5 Å². The van der Waals surface area contributed by atoms with Crippen LogP contribution < -0.4 is 5.32 Å². The molecule has 1 fully saturated rings. The molecule has 24 heavy (non-hydrogen) atoms. The Bertz CT molecular complexity index is 688. The second-order valence-corrected chi connectivity index (χ2v) is 6.09. The number of carbonyl (C=O) groups excluding carboxylic acids is 2. The highest BCUT2D eigenvalue weighted by Gasteiger charge is 2.32. The zero-order chi connectivity index (χ0) is 17.7. The molecule has 0 aromatic heterocycles. The number of carbonyl (C=O) groups is 2. The number of amides is 2. The lowest BCUT2D eigenvalue weighted by molar-refractivity contribution is -0.128. The van der Waals surface area contributed by atoms with Crippen LogP contribution in [0.2, 0.25) is 0 Å². The molecule has 2 amide bonds. The molecule has 126 valence electrons. The summed E-state index contributed by atoms with van der Waals surface area (Å²) in [6.45, 7) is 8.22. The highest BCUT2D eigenvalue weighted by atomic mass is 32.1. The van der Waals surface area contributed by atoms with Gasteiger partial charge in [0.1, 0.15) is 5.57 Å². The standard InChI is InChI=1S/C19H22N2O2S/c1-4-11-21-18(23)16(17(22)20-19(21)24)12-13-7-9-15(10-8-13)14(5-2)6-3/h4,7-10,12,14H,1,5-6,11H2,2-3H3,(H,20,22,24)/b16-12+. The van der Waals surface area contributed by atoms with E-state index in [-0.39, 0.29) is 17.2 Å². The molecule has 1 aliphatic heterocycles. The van der Waals surface area contributed by atoms with E-state index in [1.54, 1.807) is 12.2 Å². The normalized spacial score (nSPS) is 16.7. The fraction of sp³-hybridized carbons (Fsp3) is 0.316. The first-order valence-electron chi connectivity index (χ1n) is 8.11. The third-order valence-corrected chi connectivity index (χ3v) is 4.52. The number of nitrogens with one attached hydrogen (secondary N) is 1. The molecule has 1 saturated heterocycles. The minimum atomic E-state index is -0.464. The lowest BCUT2D eigenvalue weighted by Crippen LogP contribution is -2.53. The molecule has 1 aromatic carbocycles. The van der Waals surface area contributed by atoms with Crippen LogP contribution in [0.15, 0.2) is 42.5 Å². The summed E-state index contributed by atoms with van der Waals surface area (Å²) < 4.78 is 0. The predicted octanol–water partition coefficient (Wildman–Crippen LogP) is 3.40. The summed E-state index contributed by atoms with van der Waals surface area (Å²) in [5.41, 5.74) is 2.17. The molecule has 1 heterocycles. The molecule has 2 rings (SSSR count). The van der Waals surface area contributed by atoms with Crippen molar-refractivity contribution in [3.8, 4) is 0 Å². The van der Waals surface area contributed by atoms with Gasteiger partial charge in [-0.25, -0.2) is 0 Å². The number of benzene rings is 1. The molecule has 0 spiro atoms. The minimum absolute atomic E-state index is 0.0840. The van der Waals surface area contributed by atoms with Gasteiger partial charge in [-0.1, -0.05) is 44.2 Å². The Kier molecular flexibility index (Phi) is 6.04. The third-order valence-electron chi connectivity index (χ3n) is 4.20. The number of nitrogens with zero attached hydrogens (tertiary/aromatic N) is 1. The summed E-state index contributed by atoms with van der Waals surface area (Å²) in [5.74, 6) is -0.325. The largest absolute Gasteiger partial charge is 0.298 e. The number of hydrogen-bond donors (Lipinski definition) is 1. The van der Waals surface area contributed by atoms with Gasteiger partial charge in [-0.05, 0) is 48.2 Å². The zero-order valence-corrected chi connectivity index (χ0v) is 14.9. The quantitative estimate of drug-likeness (QED) is 0.373. The van der Waals surface area contributed by atoms with Gasteiger partial charge >= 0.3 is 0 Å². The van der Waals surface area contributed by atoms with E-state index in [4.69, 9.17) is 12.2 Å². The maximum absolute atomic E-state index is 12.5. The summed E-state index contributed by atoms with van der Waals surface area (Å²) in [4.78, 5) is 25.9. The summed E-state index contributed by atoms with van der Waals surface area (Å²) in [5, 5.41) is 2.66. The van der Waals surface area contributed by atoms with E-state index in [9.17, 15) is 9.59 Å². The van der Waals surface area contributed by atoms with E-state index in [1.807, 2.05) is 12.1 Å². The van der Waals surface area contributed by atoms with Crippen molar-refractivity contribution in [2.45, 2.75) is 32.6 Å². The van der Waals surface area contributed by atoms with Crippen LogP contribution in [-0.4, -0.2) is 28.4 Å². The maximum Gasteiger partial charge on any atom is 0.265 e. The molecule has 1 aliphatic rings. The van der Waals surface area contributed by atoms with Gasteiger partial charge in [0, 0.05) is 6.54 Å². The van der Waals surface area contributed by atoms with Crippen molar-refractivity contribution in [1.29, 1.82) is 0 Å². The first-order valence-corrected chi connectivity index (χ1v) is 8.52. The summed E-state index contributed by atoms with van der Waals surface area (Å²) in [6, 6.07) is 7.99. The van der Waals surface area contributed by atoms with Crippen molar-refractivity contribution in [1.82, 2.24) is 10.2 Å². The van der Waals surface area contributed by atoms with Gasteiger partial charge in [0.05, 0.1) is 0 Å². The molecule has 0 atom stereocenters. The van der Waals surface area contributed by atoms with E-state index in [2.05, 4.69) is 37.9 Å². The lowest BCUT2D eigenvalue weighted by Gasteiger charge is -2.27. The fourth-order valence-corrected chi connectivity index (χ4v) is 3.03. The van der Waals surface area contributed by atoms with Crippen LogP contribution in [0.3, 0.4) is 0 Å². The highest BCUT2D eigenvalue weighted by Crippen LogP contribution is 2.24. The van der Waals surface area contributed by atoms with Crippen LogP contribution in [0.5, 0.6) is 0 Å². The summed E-state index contributed by atoms with van der Waals surface area (Å²) in [6.07, 6.45) is 5.35. The smallest absolute Gasteiger partial charge is 0.265 e. The van der Waals surface area contributed by atoms with Crippen LogP contribution in [0.25, 0.3) is 6.08 Å². The third kappa shape index (κ3) is 3.79. The molecule has 1 N–H and O–H groups in total. The SMILES string of the molecule is C=CCN1C(=O)/C(=C/c2ccc(C(CC)CC)cc2)C(=O)NC1=S. The Labute approximate surface area is 148 Å². The molecule has 0 saturated carbocycles. The van der Waals surface area contributed by atoms with Crippen molar-refractivity contribution in [2.75, 3.05) is 6.54 Å². The monoisotopic (exact) mass is 342 g/mol. The van der Waals surface area contributed by atoms with Crippen LogP contribution in [0.4, 0.5) is 0 Å². The van der Waals surface area contributed by atoms with Gasteiger partial charge in [-0.3, -0.25) is 19.8 Å². The molecular weight excluding hydrogens is 320 g/mol. The molecular formula is C19H22N2O2S. The maximum atomic E-state index is 12.5. The first kappa shape index (κ1) is 18.1. The number of thiocarbonyl (C=S) groups is 1. The Morgan fingerprint density at radius 3 is 2.38 bits per heavy atom. The van der Waals surface area contributed by atoms with Gasteiger partial charge < -0.3 is 0 Å². The lowest BCUT2D eigenvalue weighted by atomic mass is 9.93. The van der Waals surface area contributed by atoms with Gasteiger partial charge in [-0.15, -0.1) is 6.58 Å². The Hall–Kier alpha value is -2.27. The van der Waals surface area contributed by atoms with Gasteiger partial charge in [0.25, 0.3) is 11.8 Å². The molecule has 0 bridgehead atoms. The fourth-order valence-electron chi connectivity index (χ4n) is 2.78. The highest BCUT2D eigenvalue weighted by molar-refractivity contribution is 7.80. The second-order valence-electron chi connectivity index (χ2n) is 5.70. The van der Waals surface area contributed by atoms with E-state index < -0.39 is 11.8 Å². The van der Waals surface area contributed by atoms with E-state index in [0.29, 0.717) is 5.92 Å². The number of hydrogen-bond acceptors (Lipinski definition) is 3. The Morgan fingerprint density at radius 2 is 1.83 bits per heavy atom. The Morgan fingerprint density at radius 1 is 1.21 bits per heavy atom. The average Bonchev–Trinajstić information content (AvgIpc) is 2.58. The van der Waals surface area contributed by atoms with E-state index in [0.717, 1.165) is 18.4 Å². The van der Waals surface area contributed by atoms with Crippen molar-refractivity contribution in [3.63, 3.8) is 0 Å². The molecule has 0 unspecified atom stereocenters. The van der Waals surface area contributed by atoms with Gasteiger partial charge in [0.15, 0.2) is 5.11 Å². The van der Waals surface area contributed by atoms with Crippen LogP contribution in [-0.2, 0) is 9.59 Å².